The van der Waals surface area contributed by atoms with Crippen LogP contribution in [0.15, 0.2) is 30.3 Å². The average Bonchev–Trinajstić information content (AvgIpc) is 2.85. The van der Waals surface area contributed by atoms with E-state index < -0.39 is 17.5 Å². The van der Waals surface area contributed by atoms with E-state index in [0.29, 0.717) is 17.2 Å². The number of aromatic nitrogens is 1. The Morgan fingerprint density at radius 3 is 2.52 bits per heavy atom. The minimum atomic E-state index is -1.56. The highest BCUT2D eigenvalue weighted by Gasteiger charge is 2.20. The third-order valence-corrected chi connectivity index (χ3v) is 3.50. The molecule has 2 aromatic carbocycles. The second-order valence-electron chi connectivity index (χ2n) is 4.75. The summed E-state index contributed by atoms with van der Waals surface area (Å²) < 4.78 is 40.4. The van der Waals surface area contributed by atoms with Gasteiger partial charge in [-0.2, -0.15) is 0 Å². The van der Waals surface area contributed by atoms with Gasteiger partial charge < -0.3 is 4.98 Å². The Morgan fingerprint density at radius 2 is 1.81 bits per heavy atom. The number of para-hydroxylation sites is 1. The van der Waals surface area contributed by atoms with Gasteiger partial charge in [0.05, 0.1) is 5.69 Å². The lowest BCUT2D eigenvalue weighted by atomic mass is 10.0. The lowest BCUT2D eigenvalue weighted by Crippen LogP contribution is -1.95. The number of nitrogens with one attached hydrogen (secondary N) is 1. The monoisotopic (exact) mass is 289 g/mol. The maximum atomic E-state index is 13.9. The second-order valence-corrected chi connectivity index (χ2v) is 4.75. The van der Waals surface area contributed by atoms with Crippen LogP contribution < -0.4 is 0 Å². The first kappa shape index (κ1) is 13.4. The van der Waals surface area contributed by atoms with Crippen molar-refractivity contribution >= 4 is 17.2 Å². The number of benzene rings is 2. The van der Waals surface area contributed by atoms with Gasteiger partial charge in [-0.05, 0) is 24.6 Å². The largest absolute Gasteiger partial charge is 0.354 e. The molecule has 0 aliphatic carbocycles. The zero-order chi connectivity index (χ0) is 15.1. The fourth-order valence-electron chi connectivity index (χ4n) is 2.44. The summed E-state index contributed by atoms with van der Waals surface area (Å²) in [5.41, 5.74) is 1.72. The number of H-pyrrole nitrogens is 1. The second kappa shape index (κ2) is 4.77. The van der Waals surface area contributed by atoms with Crippen molar-refractivity contribution in [2.45, 2.75) is 6.92 Å². The Labute approximate surface area is 118 Å². The van der Waals surface area contributed by atoms with Crippen LogP contribution >= 0.6 is 0 Å². The van der Waals surface area contributed by atoms with Crippen LogP contribution in [-0.2, 0) is 0 Å². The van der Waals surface area contributed by atoms with E-state index in [0.717, 1.165) is 17.7 Å². The van der Waals surface area contributed by atoms with Crippen LogP contribution in [0, 0.1) is 24.4 Å². The summed E-state index contributed by atoms with van der Waals surface area (Å²) in [4.78, 5) is 14.3. The number of rotatable bonds is 2. The molecule has 0 bridgehead atoms. The first-order chi connectivity index (χ1) is 10.0. The zero-order valence-electron chi connectivity index (χ0n) is 11.0. The molecule has 1 N–H and O–H groups in total. The van der Waals surface area contributed by atoms with Crippen LogP contribution in [-0.4, -0.2) is 11.3 Å². The molecule has 0 fully saturated rings. The fourth-order valence-corrected chi connectivity index (χ4v) is 2.44. The highest BCUT2D eigenvalue weighted by Crippen LogP contribution is 2.33. The molecule has 3 rings (SSSR count). The van der Waals surface area contributed by atoms with Crippen LogP contribution in [0.25, 0.3) is 22.2 Å². The molecule has 0 atom stereocenters. The third-order valence-electron chi connectivity index (χ3n) is 3.50. The van der Waals surface area contributed by atoms with Gasteiger partial charge in [0.2, 0.25) is 0 Å². The highest BCUT2D eigenvalue weighted by molar-refractivity contribution is 6.05. The summed E-state index contributed by atoms with van der Waals surface area (Å²) in [7, 11) is 0. The van der Waals surface area contributed by atoms with Gasteiger partial charge in [0.25, 0.3) is 0 Å². The van der Waals surface area contributed by atoms with Gasteiger partial charge in [-0.1, -0.05) is 18.2 Å². The minimum Gasteiger partial charge on any atom is -0.354 e. The lowest BCUT2D eigenvalue weighted by molar-refractivity contribution is 0.112. The summed E-state index contributed by atoms with van der Waals surface area (Å²) >= 11 is 0. The number of aryl methyl sites for hydroxylation is 1. The maximum Gasteiger partial charge on any atom is 0.195 e. The summed E-state index contributed by atoms with van der Waals surface area (Å²) in [5, 5.41) is 0.615. The summed E-state index contributed by atoms with van der Waals surface area (Å²) in [5.74, 6) is -4.14. The molecule has 0 radical (unpaired) electrons. The van der Waals surface area contributed by atoms with Crippen LogP contribution in [0.4, 0.5) is 13.2 Å². The van der Waals surface area contributed by atoms with Crippen molar-refractivity contribution in [2.24, 2.45) is 0 Å². The minimum absolute atomic E-state index is 0.144. The van der Waals surface area contributed by atoms with Gasteiger partial charge in [0.1, 0.15) is 0 Å². The average molecular weight is 289 g/mol. The number of hydrogen-bond donors (Lipinski definition) is 1. The summed E-state index contributed by atoms with van der Waals surface area (Å²) in [6.07, 6.45) is 0.578. The molecule has 0 saturated heterocycles. The van der Waals surface area contributed by atoms with E-state index in [9.17, 15) is 18.0 Å². The van der Waals surface area contributed by atoms with E-state index in [4.69, 9.17) is 0 Å². The number of carbonyl (C=O) groups is 1. The van der Waals surface area contributed by atoms with E-state index in [-0.39, 0.29) is 16.8 Å². The van der Waals surface area contributed by atoms with Crippen molar-refractivity contribution in [1.29, 1.82) is 0 Å². The molecular weight excluding hydrogens is 279 g/mol. The summed E-state index contributed by atoms with van der Waals surface area (Å²) in [6, 6.07) is 7.26. The molecule has 0 spiro atoms. The SMILES string of the molecule is Cc1cccc2c(C=O)c(-c3ccc(F)c(F)c3F)[nH]c12. The van der Waals surface area contributed by atoms with Crippen molar-refractivity contribution in [2.75, 3.05) is 0 Å². The molecule has 0 aliphatic rings. The van der Waals surface area contributed by atoms with E-state index in [1.54, 1.807) is 12.1 Å². The van der Waals surface area contributed by atoms with Gasteiger partial charge in [0.15, 0.2) is 23.7 Å². The lowest BCUT2D eigenvalue weighted by Gasteiger charge is -2.03. The number of aldehydes is 1. The van der Waals surface area contributed by atoms with E-state index in [1.165, 1.54) is 0 Å². The Kier molecular flexibility index (Phi) is 3.05. The normalized spacial score (nSPS) is 11.0. The maximum absolute atomic E-state index is 13.9. The Bertz CT molecular complexity index is 868. The number of halogens is 3. The molecule has 0 saturated carbocycles. The third kappa shape index (κ3) is 1.93. The molecule has 3 aromatic rings. The molecule has 0 unspecified atom stereocenters. The first-order valence-electron chi connectivity index (χ1n) is 6.25. The van der Waals surface area contributed by atoms with Crippen molar-refractivity contribution in [1.82, 2.24) is 4.98 Å². The number of hydrogen-bond acceptors (Lipinski definition) is 1. The standard InChI is InChI=1S/C16H10F3NO/c1-8-3-2-4-9-11(7-21)16(20-15(8)9)10-5-6-12(17)14(19)13(10)18/h2-7,20H,1H3. The molecular formula is C16H10F3NO. The van der Waals surface area contributed by atoms with Crippen molar-refractivity contribution < 1.29 is 18.0 Å². The van der Waals surface area contributed by atoms with Gasteiger partial charge in [-0.3, -0.25) is 4.79 Å². The molecule has 0 amide bonds. The Balaban J connectivity index is 2.38. The predicted molar refractivity (Wildman–Crippen MR) is 73.7 cm³/mol. The Hall–Kier alpha value is -2.56. The van der Waals surface area contributed by atoms with Gasteiger partial charge >= 0.3 is 0 Å². The van der Waals surface area contributed by atoms with Crippen LogP contribution in [0.1, 0.15) is 15.9 Å². The van der Waals surface area contributed by atoms with Crippen molar-refractivity contribution in [3.63, 3.8) is 0 Å². The number of fused-ring (bicyclic) bond motifs is 1. The summed E-state index contributed by atoms with van der Waals surface area (Å²) in [6.45, 7) is 1.83. The van der Waals surface area contributed by atoms with E-state index in [2.05, 4.69) is 4.98 Å². The number of carbonyl (C=O) groups excluding carboxylic acids is 1. The molecule has 2 nitrogen and oxygen atoms in total. The van der Waals surface area contributed by atoms with Gasteiger partial charge in [0, 0.05) is 22.0 Å². The molecule has 106 valence electrons. The molecule has 1 aromatic heterocycles. The topological polar surface area (TPSA) is 32.9 Å². The fraction of sp³-hybridized carbons (Fsp3) is 0.0625. The van der Waals surface area contributed by atoms with Crippen LogP contribution in [0.5, 0.6) is 0 Å². The predicted octanol–water partition coefficient (Wildman–Crippen LogP) is 4.37. The van der Waals surface area contributed by atoms with Crippen LogP contribution in [0.3, 0.4) is 0 Å². The highest BCUT2D eigenvalue weighted by atomic mass is 19.2. The first-order valence-corrected chi connectivity index (χ1v) is 6.25. The molecule has 1 heterocycles. The molecule has 21 heavy (non-hydrogen) atoms. The molecule has 0 aliphatic heterocycles. The van der Waals surface area contributed by atoms with Gasteiger partial charge in [-0.15, -0.1) is 0 Å². The van der Waals surface area contributed by atoms with Crippen LogP contribution in [0.2, 0.25) is 0 Å². The zero-order valence-corrected chi connectivity index (χ0v) is 11.0. The molecule has 5 heteroatoms. The number of aromatic amines is 1. The quantitative estimate of drug-likeness (QED) is 0.551. The van der Waals surface area contributed by atoms with E-state index in [1.807, 2.05) is 13.0 Å². The van der Waals surface area contributed by atoms with E-state index >= 15 is 0 Å². The van der Waals surface area contributed by atoms with Gasteiger partial charge in [-0.25, -0.2) is 13.2 Å². The smallest absolute Gasteiger partial charge is 0.195 e. The van der Waals surface area contributed by atoms with Crippen molar-refractivity contribution in [3.8, 4) is 11.3 Å². The Morgan fingerprint density at radius 1 is 1.05 bits per heavy atom. The van der Waals surface area contributed by atoms with Crippen molar-refractivity contribution in [3.05, 3.63) is 58.9 Å².